The molecule has 2 aliphatic rings. The molecule has 3 aromatic rings. The number of imidazole rings is 1. The smallest absolute Gasteiger partial charge is 0.151 e. The highest BCUT2D eigenvalue weighted by molar-refractivity contribution is 5.69. The van der Waals surface area contributed by atoms with Crippen LogP contribution in [-0.4, -0.2) is 67.1 Å². The van der Waals surface area contributed by atoms with Crippen LogP contribution in [-0.2, 0) is 0 Å². The van der Waals surface area contributed by atoms with Crippen LogP contribution in [0.2, 0.25) is 0 Å². The van der Waals surface area contributed by atoms with Gasteiger partial charge in [-0.05, 0) is 64.4 Å². The fraction of sp³-hybridized carbons (Fsp3) is 0.458. The van der Waals surface area contributed by atoms with Crippen LogP contribution in [0.5, 0.6) is 5.75 Å². The second-order valence-corrected chi connectivity index (χ2v) is 9.71. The Balaban J connectivity index is 1.36. The standard InChI is InChI=1S/C24H29FN6O/c1-23-12-17(13-24(2,30(23)4)21(25)14-23)29(3)22-8-7-19(27-28-22)18-6-5-16(11-20(18)32)31-10-9-26-15-31/h5-11,15,17,21,32H,12-14H2,1-4H3/t17-,21-,23+,24-/m0/s1. The van der Waals surface area contributed by atoms with Crippen molar-refractivity contribution in [3.8, 4) is 22.7 Å². The largest absolute Gasteiger partial charge is 0.507 e. The van der Waals surface area contributed by atoms with Crippen molar-refractivity contribution in [3.63, 3.8) is 0 Å². The first-order valence-corrected chi connectivity index (χ1v) is 11.0. The normalized spacial score (nSPS) is 29.9. The Hall–Kier alpha value is -3.00. The van der Waals surface area contributed by atoms with Crippen LogP contribution in [0.4, 0.5) is 10.2 Å². The maximum Gasteiger partial charge on any atom is 0.151 e. The summed E-state index contributed by atoms with van der Waals surface area (Å²) in [5.41, 5.74) is 1.43. The van der Waals surface area contributed by atoms with Gasteiger partial charge in [-0.3, -0.25) is 4.90 Å². The van der Waals surface area contributed by atoms with Crippen molar-refractivity contribution >= 4 is 5.82 Å². The number of nitrogens with zero attached hydrogens (tertiary/aromatic N) is 6. The fourth-order valence-corrected chi connectivity index (χ4v) is 5.54. The first kappa shape index (κ1) is 20.9. The Morgan fingerprint density at radius 1 is 1.12 bits per heavy atom. The predicted molar refractivity (Wildman–Crippen MR) is 122 cm³/mol. The monoisotopic (exact) mass is 436 g/mol. The van der Waals surface area contributed by atoms with E-state index in [0.29, 0.717) is 17.7 Å². The number of aromatic nitrogens is 4. The average Bonchev–Trinajstić information content (AvgIpc) is 3.34. The first-order chi connectivity index (χ1) is 15.2. The SMILES string of the molecule is CN(c1ccc(-c2ccc(-n3ccnc3)cc2O)nn1)[C@H]1C[C@]2(C)C[C@H](F)[C@](C)(C1)N2C. The number of phenols is 1. The number of halogens is 1. The Kier molecular flexibility index (Phi) is 4.74. The summed E-state index contributed by atoms with van der Waals surface area (Å²) in [5, 5.41) is 19.4. The maximum atomic E-state index is 14.9. The quantitative estimate of drug-likeness (QED) is 0.670. The van der Waals surface area contributed by atoms with Crippen LogP contribution in [0.25, 0.3) is 16.9 Å². The van der Waals surface area contributed by atoms with Crippen molar-refractivity contribution in [2.45, 2.75) is 56.4 Å². The second-order valence-electron chi connectivity index (χ2n) is 9.71. The second kappa shape index (κ2) is 7.27. The van der Waals surface area contributed by atoms with Crippen LogP contribution in [0.3, 0.4) is 0 Å². The number of fused-ring (bicyclic) bond motifs is 2. The number of benzene rings is 1. The topological polar surface area (TPSA) is 70.3 Å². The van der Waals surface area contributed by atoms with E-state index in [4.69, 9.17) is 0 Å². The molecule has 1 aromatic carbocycles. The highest BCUT2D eigenvalue weighted by Gasteiger charge is 2.60. The molecule has 2 aromatic heterocycles. The van der Waals surface area contributed by atoms with E-state index in [9.17, 15) is 9.50 Å². The minimum Gasteiger partial charge on any atom is -0.507 e. The zero-order valence-corrected chi connectivity index (χ0v) is 18.9. The van der Waals surface area contributed by atoms with Crippen molar-refractivity contribution < 1.29 is 9.50 Å². The van der Waals surface area contributed by atoms with Crippen molar-refractivity contribution in [1.82, 2.24) is 24.6 Å². The van der Waals surface area contributed by atoms with Crippen LogP contribution in [0.15, 0.2) is 49.1 Å². The number of hydrogen-bond acceptors (Lipinski definition) is 6. The van der Waals surface area contributed by atoms with Gasteiger partial charge >= 0.3 is 0 Å². The summed E-state index contributed by atoms with van der Waals surface area (Å²) in [6, 6.07) is 9.39. The highest BCUT2D eigenvalue weighted by atomic mass is 19.1. The lowest BCUT2D eigenvalue weighted by Gasteiger charge is -2.51. The van der Waals surface area contributed by atoms with E-state index >= 15 is 0 Å². The fourth-order valence-electron chi connectivity index (χ4n) is 5.54. The van der Waals surface area contributed by atoms with E-state index in [1.807, 2.05) is 49.0 Å². The van der Waals surface area contributed by atoms with Crippen LogP contribution >= 0.6 is 0 Å². The summed E-state index contributed by atoms with van der Waals surface area (Å²) >= 11 is 0. The van der Waals surface area contributed by atoms with Crippen LogP contribution < -0.4 is 4.90 Å². The van der Waals surface area contributed by atoms with E-state index < -0.39 is 11.7 Å². The molecule has 8 heteroatoms. The Morgan fingerprint density at radius 2 is 1.94 bits per heavy atom. The molecular weight excluding hydrogens is 407 g/mol. The molecule has 0 radical (unpaired) electrons. The summed E-state index contributed by atoms with van der Waals surface area (Å²) in [6.07, 6.45) is 6.57. The number of hydrogen-bond donors (Lipinski definition) is 1. The zero-order chi connectivity index (χ0) is 22.7. The minimum atomic E-state index is -0.822. The number of alkyl halides is 1. The van der Waals surface area contributed by atoms with Crippen molar-refractivity contribution in [3.05, 3.63) is 49.1 Å². The molecule has 2 saturated heterocycles. The lowest BCUT2D eigenvalue weighted by molar-refractivity contribution is 0.00974. The van der Waals surface area contributed by atoms with Gasteiger partial charge in [0.05, 0.1) is 23.2 Å². The number of anilines is 1. The predicted octanol–water partition coefficient (Wildman–Crippen LogP) is 3.82. The molecule has 0 unspecified atom stereocenters. The summed E-state index contributed by atoms with van der Waals surface area (Å²) < 4.78 is 16.7. The van der Waals surface area contributed by atoms with E-state index in [1.165, 1.54) is 0 Å². The molecule has 32 heavy (non-hydrogen) atoms. The van der Waals surface area contributed by atoms with Gasteiger partial charge in [-0.1, -0.05) is 0 Å². The molecule has 0 saturated carbocycles. The molecule has 2 bridgehead atoms. The third kappa shape index (κ3) is 3.16. The number of rotatable bonds is 4. The summed E-state index contributed by atoms with van der Waals surface area (Å²) in [6.45, 7) is 4.20. The maximum absolute atomic E-state index is 14.9. The number of aromatic hydroxyl groups is 1. The van der Waals surface area contributed by atoms with Gasteiger partial charge in [0.15, 0.2) is 5.82 Å². The molecule has 0 aliphatic carbocycles. The third-order valence-electron chi connectivity index (χ3n) is 7.81. The molecule has 168 valence electrons. The van der Waals surface area contributed by atoms with Crippen LogP contribution in [0, 0.1) is 0 Å². The molecule has 4 atom stereocenters. The van der Waals surface area contributed by atoms with E-state index in [2.05, 4.69) is 39.0 Å². The van der Waals surface area contributed by atoms with Gasteiger partial charge in [-0.25, -0.2) is 9.37 Å². The summed E-state index contributed by atoms with van der Waals surface area (Å²) in [7, 11) is 4.06. The molecule has 2 aliphatic heterocycles. The van der Waals surface area contributed by atoms with Crippen molar-refractivity contribution in [2.75, 3.05) is 19.0 Å². The van der Waals surface area contributed by atoms with Gasteiger partial charge in [0.1, 0.15) is 11.9 Å². The lowest BCUT2D eigenvalue weighted by Crippen LogP contribution is -2.60. The minimum absolute atomic E-state index is 0.133. The number of phenolic OH excluding ortho intramolecular Hbond substituents is 1. The van der Waals surface area contributed by atoms with Crippen LogP contribution in [0.1, 0.15) is 33.1 Å². The third-order valence-corrected chi connectivity index (χ3v) is 7.81. The van der Waals surface area contributed by atoms with Gasteiger partial charge in [0.2, 0.25) is 0 Å². The van der Waals surface area contributed by atoms with Crippen molar-refractivity contribution in [1.29, 1.82) is 0 Å². The Morgan fingerprint density at radius 3 is 2.56 bits per heavy atom. The molecular formula is C24H29FN6O. The van der Waals surface area contributed by atoms with Gasteiger partial charge in [0.25, 0.3) is 0 Å². The highest BCUT2D eigenvalue weighted by Crippen LogP contribution is 2.51. The number of piperidine rings is 1. The molecule has 0 spiro atoms. The van der Waals surface area contributed by atoms with Gasteiger partial charge < -0.3 is 14.6 Å². The van der Waals surface area contributed by atoms with E-state index in [0.717, 1.165) is 24.3 Å². The molecule has 5 rings (SSSR count). The molecule has 1 N–H and O–H groups in total. The van der Waals surface area contributed by atoms with Gasteiger partial charge in [-0.2, -0.15) is 0 Å². The summed E-state index contributed by atoms with van der Waals surface area (Å²) in [5.74, 6) is 0.883. The van der Waals surface area contributed by atoms with E-state index in [-0.39, 0.29) is 17.3 Å². The molecule has 7 nitrogen and oxygen atoms in total. The molecule has 0 amide bonds. The van der Waals surface area contributed by atoms with Gasteiger partial charge in [-0.15, -0.1) is 10.2 Å². The van der Waals surface area contributed by atoms with Crippen molar-refractivity contribution in [2.24, 2.45) is 0 Å². The molecule has 4 heterocycles. The zero-order valence-electron chi connectivity index (χ0n) is 18.9. The Bertz CT molecular complexity index is 1120. The summed E-state index contributed by atoms with van der Waals surface area (Å²) in [4.78, 5) is 8.40. The molecule has 2 fully saturated rings. The lowest BCUT2D eigenvalue weighted by atomic mass is 9.82. The first-order valence-electron chi connectivity index (χ1n) is 11.0. The Labute approximate surface area is 187 Å². The van der Waals surface area contributed by atoms with E-state index in [1.54, 1.807) is 18.6 Å². The average molecular weight is 437 g/mol. The van der Waals surface area contributed by atoms with Gasteiger partial charge in [0, 0.05) is 42.7 Å².